The Morgan fingerprint density at radius 2 is 1.94 bits per heavy atom. The first-order valence-corrected chi connectivity index (χ1v) is 6.19. The van der Waals surface area contributed by atoms with Crippen molar-refractivity contribution in [3.63, 3.8) is 0 Å². The van der Waals surface area contributed by atoms with Crippen LogP contribution >= 0.6 is 0 Å². The van der Waals surface area contributed by atoms with Crippen molar-refractivity contribution in [1.29, 1.82) is 0 Å². The molecule has 0 aliphatic heterocycles. The Morgan fingerprint density at radius 3 is 2.47 bits per heavy atom. The molecule has 0 unspecified atom stereocenters. The lowest BCUT2D eigenvalue weighted by Crippen LogP contribution is -2.34. The van der Waals surface area contributed by atoms with Crippen molar-refractivity contribution in [2.75, 3.05) is 25.5 Å². The summed E-state index contributed by atoms with van der Waals surface area (Å²) < 4.78 is 0. The average molecular weight is 234 g/mol. The maximum absolute atomic E-state index is 11.7. The lowest BCUT2D eigenvalue weighted by Gasteiger charge is -2.17. The van der Waals surface area contributed by atoms with E-state index in [2.05, 4.69) is 24.4 Å². The smallest absolute Gasteiger partial charge is 0.240 e. The van der Waals surface area contributed by atoms with Gasteiger partial charge < -0.3 is 10.2 Å². The van der Waals surface area contributed by atoms with Crippen molar-refractivity contribution in [2.45, 2.75) is 26.2 Å². The number of carbonyl (C=O) groups is 1. The van der Waals surface area contributed by atoms with E-state index in [0.29, 0.717) is 6.54 Å². The van der Waals surface area contributed by atoms with Gasteiger partial charge in [0.15, 0.2) is 0 Å². The Labute approximate surface area is 104 Å². The maximum atomic E-state index is 11.7. The fourth-order valence-electron chi connectivity index (χ4n) is 1.68. The number of nitrogens with one attached hydrogen (secondary N) is 1. The fourth-order valence-corrected chi connectivity index (χ4v) is 1.68. The first-order chi connectivity index (χ1) is 8.19. The van der Waals surface area contributed by atoms with Crippen molar-refractivity contribution in [2.24, 2.45) is 0 Å². The third kappa shape index (κ3) is 4.19. The van der Waals surface area contributed by atoms with Crippen molar-refractivity contribution >= 4 is 11.6 Å². The molecule has 3 heteroatoms. The molecule has 94 valence electrons. The van der Waals surface area contributed by atoms with Gasteiger partial charge >= 0.3 is 0 Å². The SMILES string of the molecule is CCCCc1ccc(N(C)C(=O)CNC)cc1. The number of carbonyl (C=O) groups excluding carboxylic acids is 1. The van der Waals surface area contributed by atoms with Gasteiger partial charge in [0.2, 0.25) is 5.91 Å². The maximum Gasteiger partial charge on any atom is 0.240 e. The zero-order valence-corrected chi connectivity index (χ0v) is 11.0. The van der Waals surface area contributed by atoms with Gasteiger partial charge in [0, 0.05) is 12.7 Å². The molecule has 0 radical (unpaired) electrons. The first-order valence-electron chi connectivity index (χ1n) is 6.19. The van der Waals surface area contributed by atoms with Crippen LogP contribution in [0.15, 0.2) is 24.3 Å². The van der Waals surface area contributed by atoms with Crippen LogP contribution in [0.1, 0.15) is 25.3 Å². The van der Waals surface area contributed by atoms with Crippen LogP contribution in [0.4, 0.5) is 5.69 Å². The fraction of sp³-hybridized carbons (Fsp3) is 0.500. The van der Waals surface area contributed by atoms with Gasteiger partial charge in [-0.05, 0) is 37.6 Å². The van der Waals surface area contributed by atoms with Crippen LogP contribution in [-0.4, -0.2) is 26.5 Å². The molecule has 0 saturated heterocycles. The highest BCUT2D eigenvalue weighted by atomic mass is 16.2. The van der Waals surface area contributed by atoms with Crippen molar-refractivity contribution < 1.29 is 4.79 Å². The molecular formula is C14H22N2O. The second kappa shape index (κ2) is 7.07. The number of likely N-dealkylation sites (N-methyl/N-ethyl adjacent to an activating group) is 2. The number of hydrogen-bond acceptors (Lipinski definition) is 2. The van der Waals surface area contributed by atoms with Gasteiger partial charge in [0.25, 0.3) is 0 Å². The highest BCUT2D eigenvalue weighted by Crippen LogP contribution is 2.15. The number of benzene rings is 1. The molecule has 0 bridgehead atoms. The summed E-state index contributed by atoms with van der Waals surface area (Å²) in [6, 6.07) is 8.24. The Morgan fingerprint density at radius 1 is 1.29 bits per heavy atom. The first kappa shape index (κ1) is 13.7. The molecule has 0 aliphatic carbocycles. The van der Waals surface area contributed by atoms with Gasteiger partial charge in [0.1, 0.15) is 0 Å². The quantitative estimate of drug-likeness (QED) is 0.818. The highest BCUT2D eigenvalue weighted by Gasteiger charge is 2.08. The van der Waals surface area contributed by atoms with Crippen molar-refractivity contribution in [3.05, 3.63) is 29.8 Å². The molecule has 0 aliphatic rings. The van der Waals surface area contributed by atoms with E-state index in [4.69, 9.17) is 0 Å². The zero-order chi connectivity index (χ0) is 12.7. The second-order valence-electron chi connectivity index (χ2n) is 4.25. The summed E-state index contributed by atoms with van der Waals surface area (Å²) in [7, 11) is 3.58. The molecule has 1 aromatic rings. The molecule has 0 spiro atoms. The predicted octanol–water partition coefficient (Wildman–Crippen LogP) is 2.21. The zero-order valence-electron chi connectivity index (χ0n) is 11.0. The van der Waals surface area contributed by atoms with E-state index in [1.54, 1.807) is 19.0 Å². The minimum Gasteiger partial charge on any atom is -0.314 e. The van der Waals surface area contributed by atoms with E-state index in [0.717, 1.165) is 12.1 Å². The Bertz CT molecular complexity index is 346. The summed E-state index contributed by atoms with van der Waals surface area (Å²) >= 11 is 0. The standard InChI is InChI=1S/C14H22N2O/c1-4-5-6-12-7-9-13(10-8-12)16(3)14(17)11-15-2/h7-10,15H,4-6,11H2,1-3H3. The van der Waals surface area contributed by atoms with Crippen LogP contribution in [0.25, 0.3) is 0 Å². The van der Waals surface area contributed by atoms with Gasteiger partial charge in [-0.3, -0.25) is 4.79 Å². The van der Waals surface area contributed by atoms with Gasteiger partial charge in [0.05, 0.1) is 6.54 Å². The van der Waals surface area contributed by atoms with Gasteiger partial charge in [-0.15, -0.1) is 0 Å². The number of amides is 1. The molecule has 1 aromatic carbocycles. The topological polar surface area (TPSA) is 32.3 Å². The largest absolute Gasteiger partial charge is 0.314 e. The third-order valence-electron chi connectivity index (χ3n) is 2.84. The molecule has 1 N–H and O–H groups in total. The molecular weight excluding hydrogens is 212 g/mol. The lowest BCUT2D eigenvalue weighted by atomic mass is 10.1. The van der Waals surface area contributed by atoms with Gasteiger partial charge in [-0.1, -0.05) is 25.5 Å². The number of anilines is 1. The van der Waals surface area contributed by atoms with Crippen LogP contribution in [0, 0.1) is 0 Å². The Hall–Kier alpha value is -1.35. The molecule has 0 heterocycles. The highest BCUT2D eigenvalue weighted by molar-refractivity contribution is 5.94. The normalized spacial score (nSPS) is 10.3. The van der Waals surface area contributed by atoms with E-state index >= 15 is 0 Å². The summed E-state index contributed by atoms with van der Waals surface area (Å²) in [4.78, 5) is 13.3. The molecule has 1 rings (SSSR count). The molecule has 0 atom stereocenters. The summed E-state index contributed by atoms with van der Waals surface area (Å²) in [5.41, 5.74) is 2.29. The van der Waals surface area contributed by atoms with E-state index in [-0.39, 0.29) is 5.91 Å². The predicted molar refractivity (Wildman–Crippen MR) is 72.4 cm³/mol. The Balaban J connectivity index is 2.63. The van der Waals surface area contributed by atoms with Crippen LogP contribution in [0.2, 0.25) is 0 Å². The van der Waals surface area contributed by atoms with Gasteiger partial charge in [-0.25, -0.2) is 0 Å². The number of aryl methyl sites for hydroxylation is 1. The molecule has 0 fully saturated rings. The molecule has 3 nitrogen and oxygen atoms in total. The third-order valence-corrected chi connectivity index (χ3v) is 2.84. The van der Waals surface area contributed by atoms with Crippen LogP contribution < -0.4 is 10.2 Å². The van der Waals surface area contributed by atoms with Crippen LogP contribution in [-0.2, 0) is 11.2 Å². The van der Waals surface area contributed by atoms with E-state index in [1.165, 1.54) is 18.4 Å². The number of unbranched alkanes of at least 4 members (excludes halogenated alkanes) is 1. The van der Waals surface area contributed by atoms with Crippen molar-refractivity contribution in [3.8, 4) is 0 Å². The minimum absolute atomic E-state index is 0.0776. The van der Waals surface area contributed by atoms with E-state index in [9.17, 15) is 4.79 Å². The summed E-state index contributed by atoms with van der Waals surface area (Å²) in [5.74, 6) is 0.0776. The number of rotatable bonds is 6. The Kier molecular flexibility index (Phi) is 5.70. The van der Waals surface area contributed by atoms with Gasteiger partial charge in [-0.2, -0.15) is 0 Å². The molecule has 17 heavy (non-hydrogen) atoms. The summed E-state index contributed by atoms with van der Waals surface area (Å²) in [6.45, 7) is 2.56. The molecule has 1 amide bonds. The lowest BCUT2D eigenvalue weighted by molar-refractivity contribution is -0.117. The second-order valence-corrected chi connectivity index (χ2v) is 4.25. The summed E-state index contributed by atoms with van der Waals surface area (Å²) in [6.07, 6.45) is 3.54. The number of nitrogens with zero attached hydrogens (tertiary/aromatic N) is 1. The molecule has 0 saturated carbocycles. The minimum atomic E-state index is 0.0776. The van der Waals surface area contributed by atoms with E-state index in [1.807, 2.05) is 12.1 Å². The van der Waals surface area contributed by atoms with Crippen LogP contribution in [0.3, 0.4) is 0 Å². The van der Waals surface area contributed by atoms with E-state index < -0.39 is 0 Å². The van der Waals surface area contributed by atoms with Crippen molar-refractivity contribution in [1.82, 2.24) is 5.32 Å². The molecule has 0 aromatic heterocycles. The van der Waals surface area contributed by atoms with Crippen LogP contribution in [0.5, 0.6) is 0 Å². The summed E-state index contributed by atoms with van der Waals surface area (Å²) in [5, 5.41) is 2.87. The number of hydrogen-bond donors (Lipinski definition) is 1. The monoisotopic (exact) mass is 234 g/mol. The average Bonchev–Trinajstić information content (AvgIpc) is 2.36.